The Morgan fingerprint density at radius 3 is 3.00 bits per heavy atom. The molecule has 2 aromatic rings. The Kier molecular flexibility index (Phi) is 7.36. The van der Waals surface area contributed by atoms with Gasteiger partial charge >= 0.3 is 0 Å². The lowest BCUT2D eigenvalue weighted by Gasteiger charge is -2.22. The molecule has 27 heavy (non-hydrogen) atoms. The van der Waals surface area contributed by atoms with Crippen molar-refractivity contribution < 1.29 is 18.8 Å². The predicted octanol–water partition coefficient (Wildman–Crippen LogP) is 4.19. The van der Waals surface area contributed by atoms with Gasteiger partial charge in [0.15, 0.2) is 0 Å². The van der Waals surface area contributed by atoms with Crippen molar-refractivity contribution in [1.29, 1.82) is 0 Å². The molecule has 0 radical (unpaired) electrons. The maximum Gasteiger partial charge on any atom is 0.277 e. The van der Waals surface area contributed by atoms with Crippen LogP contribution >= 0.6 is 22.6 Å². The third kappa shape index (κ3) is 5.85. The first-order chi connectivity index (χ1) is 13.1. The second kappa shape index (κ2) is 9.95. The molecule has 8 heteroatoms. The second-order valence-electron chi connectivity index (χ2n) is 6.23. The predicted molar refractivity (Wildman–Crippen MR) is 108 cm³/mol. The monoisotopic (exact) mass is 485 g/mol. The summed E-state index contributed by atoms with van der Waals surface area (Å²) in [5, 5.41) is 2.91. The van der Waals surface area contributed by atoms with Crippen LogP contribution in [0.4, 0.5) is 15.8 Å². The van der Waals surface area contributed by atoms with Crippen LogP contribution in [-0.4, -0.2) is 30.2 Å². The number of nitrogens with one attached hydrogen (secondary N) is 2. The molecule has 144 valence electrons. The molecule has 1 aromatic carbocycles. The van der Waals surface area contributed by atoms with Crippen molar-refractivity contribution in [2.75, 3.05) is 18.5 Å². The van der Waals surface area contributed by atoms with Crippen LogP contribution in [0.2, 0.25) is 0 Å². The van der Waals surface area contributed by atoms with Crippen LogP contribution in [0.5, 0.6) is 0 Å². The molecule has 1 aliphatic rings. The Hall–Kier alpha value is -1.78. The van der Waals surface area contributed by atoms with Crippen molar-refractivity contribution >= 4 is 39.9 Å². The molecule has 3 rings (SSSR count). The van der Waals surface area contributed by atoms with Gasteiger partial charge in [0.1, 0.15) is 5.82 Å². The van der Waals surface area contributed by atoms with Crippen LogP contribution in [0.25, 0.3) is 0 Å². The van der Waals surface area contributed by atoms with Crippen molar-refractivity contribution in [3.8, 4) is 0 Å². The first-order valence-corrected chi connectivity index (χ1v) is 9.91. The van der Waals surface area contributed by atoms with E-state index in [1.807, 2.05) is 22.6 Å². The zero-order chi connectivity index (χ0) is 19.1. The lowest BCUT2D eigenvalue weighted by Crippen LogP contribution is -2.27. The number of nitrogens with zero attached hydrogens (tertiary/aromatic N) is 1. The molecular weight excluding hydrogens is 464 g/mol. The minimum absolute atomic E-state index is 0.192. The molecule has 0 spiro atoms. The molecule has 2 heterocycles. The van der Waals surface area contributed by atoms with E-state index in [0.717, 1.165) is 35.9 Å². The van der Waals surface area contributed by atoms with E-state index < -0.39 is 11.7 Å². The van der Waals surface area contributed by atoms with E-state index in [2.05, 4.69) is 15.8 Å². The van der Waals surface area contributed by atoms with E-state index in [0.29, 0.717) is 17.9 Å². The molecule has 1 atom stereocenters. The van der Waals surface area contributed by atoms with Crippen LogP contribution < -0.4 is 10.8 Å². The van der Waals surface area contributed by atoms with Gasteiger partial charge in [0.2, 0.25) is 0 Å². The molecule has 6 nitrogen and oxygen atoms in total. The normalized spacial score (nSPS) is 16.7. The number of hydroxylamine groups is 1. The van der Waals surface area contributed by atoms with Gasteiger partial charge in [0.25, 0.3) is 5.91 Å². The Balaban J connectivity index is 1.56. The summed E-state index contributed by atoms with van der Waals surface area (Å²) in [5.74, 6) is -0.823. The first kappa shape index (κ1) is 20.0. The lowest BCUT2D eigenvalue weighted by atomic mass is 10.1. The molecule has 1 saturated heterocycles. The summed E-state index contributed by atoms with van der Waals surface area (Å²) in [7, 11) is 0. The minimum Gasteiger partial charge on any atom is -0.378 e. The number of hydrogen-bond acceptors (Lipinski definition) is 5. The largest absolute Gasteiger partial charge is 0.378 e. The summed E-state index contributed by atoms with van der Waals surface area (Å²) < 4.78 is 20.5. The van der Waals surface area contributed by atoms with E-state index in [9.17, 15) is 9.18 Å². The molecule has 2 N–H and O–H groups in total. The zero-order valence-corrected chi connectivity index (χ0v) is 16.9. The number of pyridine rings is 1. The molecule has 0 bridgehead atoms. The van der Waals surface area contributed by atoms with Crippen LogP contribution in [0, 0.1) is 9.39 Å². The maximum absolute atomic E-state index is 14.1. The highest BCUT2D eigenvalue weighted by Crippen LogP contribution is 2.24. The molecular formula is C19H21FIN3O3. The maximum atomic E-state index is 14.1. The lowest BCUT2D eigenvalue weighted by molar-refractivity contribution is -0.0231. The van der Waals surface area contributed by atoms with Gasteiger partial charge in [-0.1, -0.05) is 0 Å². The van der Waals surface area contributed by atoms with Gasteiger partial charge in [-0.3, -0.25) is 14.6 Å². The van der Waals surface area contributed by atoms with Crippen molar-refractivity contribution in [1.82, 2.24) is 10.5 Å². The number of carbonyl (C=O) groups is 1. The summed E-state index contributed by atoms with van der Waals surface area (Å²) in [6, 6.07) is 6.36. The van der Waals surface area contributed by atoms with Gasteiger partial charge in [0, 0.05) is 16.4 Å². The van der Waals surface area contributed by atoms with Crippen LogP contribution in [0.1, 0.15) is 36.0 Å². The molecule has 1 amide bonds. The molecule has 1 aliphatic heterocycles. The number of hydrogen-bond donors (Lipinski definition) is 2. The van der Waals surface area contributed by atoms with Crippen molar-refractivity contribution in [2.45, 2.75) is 31.8 Å². The fraction of sp³-hybridized carbons (Fsp3) is 0.368. The Morgan fingerprint density at radius 1 is 1.33 bits per heavy atom. The average molecular weight is 485 g/mol. The number of benzene rings is 1. The van der Waals surface area contributed by atoms with Gasteiger partial charge in [-0.05, 0) is 72.5 Å². The van der Waals surface area contributed by atoms with E-state index in [1.165, 1.54) is 18.5 Å². The number of anilines is 2. The third-order valence-corrected chi connectivity index (χ3v) is 4.92. The Bertz CT molecular complexity index is 785. The quantitative estimate of drug-likeness (QED) is 0.350. The Morgan fingerprint density at radius 2 is 2.22 bits per heavy atom. The summed E-state index contributed by atoms with van der Waals surface area (Å²) in [5.41, 5.74) is 3.42. The molecule has 1 aromatic heterocycles. The Labute approximate surface area is 170 Å². The first-order valence-electron chi connectivity index (χ1n) is 8.83. The van der Waals surface area contributed by atoms with E-state index >= 15 is 0 Å². The number of amides is 1. The highest BCUT2D eigenvalue weighted by Gasteiger charge is 2.15. The van der Waals surface area contributed by atoms with E-state index in [-0.39, 0.29) is 11.8 Å². The summed E-state index contributed by atoms with van der Waals surface area (Å²) in [4.78, 5) is 21.7. The minimum atomic E-state index is -0.421. The standard InChI is InChI=1S/C19H21FIN3O3/c20-16-11-13(21)4-5-17(16)23-18-12-22-8-6-15(18)19(25)24-27-10-7-14-3-1-2-9-26-14/h4-6,8,11-12,14,23H,1-3,7,9-10H2,(H,24,25). The molecule has 0 saturated carbocycles. The average Bonchev–Trinajstić information content (AvgIpc) is 2.68. The number of rotatable bonds is 7. The third-order valence-electron chi connectivity index (χ3n) is 4.25. The highest BCUT2D eigenvalue weighted by molar-refractivity contribution is 14.1. The second-order valence-corrected chi connectivity index (χ2v) is 7.47. The van der Waals surface area contributed by atoms with Gasteiger partial charge in [-0.2, -0.15) is 0 Å². The van der Waals surface area contributed by atoms with Crippen LogP contribution in [0.3, 0.4) is 0 Å². The smallest absolute Gasteiger partial charge is 0.277 e. The van der Waals surface area contributed by atoms with Crippen molar-refractivity contribution in [3.05, 3.63) is 51.6 Å². The highest BCUT2D eigenvalue weighted by atomic mass is 127. The number of halogens is 2. The number of ether oxygens (including phenoxy) is 1. The van der Waals surface area contributed by atoms with Crippen molar-refractivity contribution in [3.63, 3.8) is 0 Å². The fourth-order valence-corrected chi connectivity index (χ4v) is 3.28. The van der Waals surface area contributed by atoms with E-state index in [4.69, 9.17) is 9.57 Å². The number of carbonyl (C=O) groups excluding carboxylic acids is 1. The summed E-state index contributed by atoms with van der Waals surface area (Å²) >= 11 is 2.04. The molecule has 1 unspecified atom stereocenters. The summed E-state index contributed by atoms with van der Waals surface area (Å²) in [6.07, 6.45) is 7.19. The van der Waals surface area contributed by atoms with E-state index in [1.54, 1.807) is 18.2 Å². The van der Waals surface area contributed by atoms with Crippen LogP contribution in [-0.2, 0) is 9.57 Å². The fourth-order valence-electron chi connectivity index (χ4n) is 2.83. The van der Waals surface area contributed by atoms with Gasteiger partial charge in [-0.25, -0.2) is 9.87 Å². The molecule has 0 aliphatic carbocycles. The van der Waals surface area contributed by atoms with Gasteiger partial charge < -0.3 is 10.1 Å². The van der Waals surface area contributed by atoms with Crippen molar-refractivity contribution in [2.24, 2.45) is 0 Å². The van der Waals surface area contributed by atoms with Gasteiger partial charge in [-0.15, -0.1) is 0 Å². The van der Waals surface area contributed by atoms with Crippen LogP contribution in [0.15, 0.2) is 36.7 Å². The molecule has 1 fully saturated rings. The van der Waals surface area contributed by atoms with Gasteiger partial charge in [0.05, 0.1) is 35.8 Å². The summed E-state index contributed by atoms with van der Waals surface area (Å²) in [6.45, 7) is 1.16. The number of aromatic nitrogens is 1. The SMILES string of the molecule is O=C(NOCCC1CCCCO1)c1ccncc1Nc1ccc(I)cc1F. The zero-order valence-electron chi connectivity index (χ0n) is 14.7. The topological polar surface area (TPSA) is 72.5 Å².